The van der Waals surface area contributed by atoms with E-state index in [0.717, 1.165) is 42.8 Å². The molecule has 2 fully saturated rings. The van der Waals surface area contributed by atoms with Gasteiger partial charge in [0, 0.05) is 57.5 Å². The number of aromatic nitrogens is 4. The van der Waals surface area contributed by atoms with Crippen molar-refractivity contribution in [3.05, 3.63) is 54.2 Å². The van der Waals surface area contributed by atoms with E-state index in [1.54, 1.807) is 20.4 Å². The highest BCUT2D eigenvalue weighted by molar-refractivity contribution is 5.87. The molecule has 2 N–H and O–H groups in total. The number of nitrogens with one attached hydrogen (secondary N) is 2. The summed E-state index contributed by atoms with van der Waals surface area (Å²) in [5.74, 6) is 1.71. The van der Waals surface area contributed by atoms with Crippen LogP contribution in [0.15, 0.2) is 43.1 Å². The number of carbonyl (C=O) groups excluding carboxylic acids is 2. The van der Waals surface area contributed by atoms with Crippen LogP contribution in [0.1, 0.15) is 43.7 Å². The van der Waals surface area contributed by atoms with Crippen molar-refractivity contribution >= 4 is 29.5 Å². The van der Waals surface area contributed by atoms with Gasteiger partial charge in [-0.2, -0.15) is 19.6 Å². The number of rotatable bonds is 8. The minimum Gasteiger partial charge on any atom is -0.410 e. The van der Waals surface area contributed by atoms with Crippen LogP contribution >= 0.6 is 0 Å². The summed E-state index contributed by atoms with van der Waals surface area (Å²) in [7, 11) is 0. The predicted molar refractivity (Wildman–Crippen MR) is 150 cm³/mol. The Morgan fingerprint density at radius 3 is 2.62 bits per heavy atom. The first-order valence-electron chi connectivity index (χ1n) is 13.7. The highest BCUT2D eigenvalue weighted by Crippen LogP contribution is 2.24. The standard InChI is InChI=1S/C28H36N8O4/c1-4-24(37)34-10-12-35(13-11-34)28(38)40-22-7-5-6-20(16-22)17-29-27-33-26(31-21-8-14-39-15-9-21)32-25-23(19(2)3)18-30-36(25)27/h4-7,16,18-19,21H,1,8-15,17H2,2-3H3,(H2,29,31,32,33). The Morgan fingerprint density at radius 1 is 1.15 bits per heavy atom. The second-order valence-electron chi connectivity index (χ2n) is 10.3. The molecule has 2 aliphatic heterocycles. The van der Waals surface area contributed by atoms with Crippen molar-refractivity contribution in [2.45, 2.75) is 45.2 Å². The average molecular weight is 549 g/mol. The number of nitrogens with zero attached hydrogens (tertiary/aromatic N) is 6. The van der Waals surface area contributed by atoms with E-state index >= 15 is 0 Å². The largest absolute Gasteiger partial charge is 0.415 e. The van der Waals surface area contributed by atoms with Crippen LogP contribution in [-0.2, 0) is 16.1 Å². The molecule has 0 radical (unpaired) electrons. The first-order valence-corrected chi connectivity index (χ1v) is 13.7. The minimum atomic E-state index is -0.435. The van der Waals surface area contributed by atoms with E-state index in [0.29, 0.717) is 50.4 Å². The lowest BCUT2D eigenvalue weighted by atomic mass is 10.1. The van der Waals surface area contributed by atoms with Crippen LogP contribution in [0.25, 0.3) is 5.65 Å². The third-order valence-electron chi connectivity index (χ3n) is 7.15. The minimum absolute atomic E-state index is 0.129. The maximum Gasteiger partial charge on any atom is 0.415 e. The molecule has 2 aliphatic rings. The van der Waals surface area contributed by atoms with Crippen LogP contribution in [0.2, 0.25) is 0 Å². The van der Waals surface area contributed by atoms with Crippen LogP contribution in [0, 0.1) is 0 Å². The molecule has 0 aliphatic carbocycles. The Bertz CT molecular complexity index is 1360. The van der Waals surface area contributed by atoms with Crippen molar-refractivity contribution in [3.63, 3.8) is 0 Å². The van der Waals surface area contributed by atoms with Gasteiger partial charge in [0.05, 0.1) is 6.20 Å². The fourth-order valence-corrected chi connectivity index (χ4v) is 4.81. The van der Waals surface area contributed by atoms with Crippen LogP contribution in [0.3, 0.4) is 0 Å². The van der Waals surface area contributed by atoms with E-state index in [9.17, 15) is 9.59 Å². The second kappa shape index (κ2) is 12.3. The molecular weight excluding hydrogens is 512 g/mol. The van der Waals surface area contributed by atoms with Crippen molar-refractivity contribution in [1.29, 1.82) is 0 Å². The van der Waals surface area contributed by atoms with Crippen LogP contribution in [-0.4, -0.2) is 86.8 Å². The SMILES string of the molecule is C=CC(=O)N1CCN(C(=O)Oc2cccc(CNc3nc(NC4CCOCC4)nc4c(C(C)C)cnn34)c2)CC1. The summed E-state index contributed by atoms with van der Waals surface area (Å²) in [6.45, 7) is 11.4. The molecule has 12 nitrogen and oxygen atoms in total. The summed E-state index contributed by atoms with van der Waals surface area (Å²) in [5.41, 5.74) is 2.72. The van der Waals surface area contributed by atoms with Gasteiger partial charge in [0.25, 0.3) is 0 Å². The Labute approximate surface area is 233 Å². The Balaban J connectivity index is 1.26. The summed E-state index contributed by atoms with van der Waals surface area (Å²) in [6.07, 6.45) is 4.50. The Morgan fingerprint density at radius 2 is 1.90 bits per heavy atom. The van der Waals surface area contributed by atoms with Crippen molar-refractivity contribution in [1.82, 2.24) is 29.4 Å². The van der Waals surface area contributed by atoms with Gasteiger partial charge in [-0.3, -0.25) is 4.79 Å². The zero-order valence-electron chi connectivity index (χ0n) is 23.0. The zero-order chi connectivity index (χ0) is 28.1. The van der Waals surface area contributed by atoms with Gasteiger partial charge in [-0.05, 0) is 42.5 Å². The number of hydrogen-bond donors (Lipinski definition) is 2. The van der Waals surface area contributed by atoms with E-state index < -0.39 is 6.09 Å². The lowest BCUT2D eigenvalue weighted by Crippen LogP contribution is -2.50. The lowest BCUT2D eigenvalue weighted by Gasteiger charge is -2.33. The third kappa shape index (κ3) is 6.33. The number of hydrogen-bond acceptors (Lipinski definition) is 9. The van der Waals surface area contributed by atoms with Crippen molar-refractivity contribution in [3.8, 4) is 5.75 Å². The number of piperazine rings is 1. The van der Waals surface area contributed by atoms with Gasteiger partial charge in [-0.1, -0.05) is 32.6 Å². The highest BCUT2D eigenvalue weighted by Gasteiger charge is 2.24. The van der Waals surface area contributed by atoms with Gasteiger partial charge >= 0.3 is 6.09 Å². The third-order valence-corrected chi connectivity index (χ3v) is 7.15. The van der Waals surface area contributed by atoms with Crippen LogP contribution in [0.4, 0.5) is 16.7 Å². The van der Waals surface area contributed by atoms with Gasteiger partial charge in [-0.15, -0.1) is 0 Å². The van der Waals surface area contributed by atoms with Crippen molar-refractivity contribution in [2.24, 2.45) is 0 Å². The highest BCUT2D eigenvalue weighted by atomic mass is 16.6. The maximum atomic E-state index is 12.7. The molecule has 2 amide bonds. The molecule has 0 bridgehead atoms. The molecule has 2 saturated heterocycles. The molecular formula is C28H36N8O4. The number of anilines is 2. The molecule has 0 saturated carbocycles. The first-order chi connectivity index (χ1) is 19.4. The monoisotopic (exact) mass is 548 g/mol. The summed E-state index contributed by atoms with van der Waals surface area (Å²) in [6, 6.07) is 7.63. The topological polar surface area (TPSA) is 126 Å². The number of amides is 2. The molecule has 12 heteroatoms. The van der Waals surface area contributed by atoms with Crippen LogP contribution in [0.5, 0.6) is 5.75 Å². The fraction of sp³-hybridized carbons (Fsp3) is 0.464. The van der Waals surface area contributed by atoms with E-state index in [-0.39, 0.29) is 17.9 Å². The average Bonchev–Trinajstić information content (AvgIpc) is 3.41. The molecule has 0 spiro atoms. The lowest BCUT2D eigenvalue weighted by molar-refractivity contribution is -0.127. The maximum absolute atomic E-state index is 12.7. The summed E-state index contributed by atoms with van der Waals surface area (Å²) < 4.78 is 12.9. The molecule has 0 atom stereocenters. The van der Waals surface area contributed by atoms with Gasteiger partial charge in [0.1, 0.15) is 5.75 Å². The van der Waals surface area contributed by atoms with Crippen LogP contribution < -0.4 is 15.4 Å². The predicted octanol–water partition coefficient (Wildman–Crippen LogP) is 3.28. The zero-order valence-corrected chi connectivity index (χ0v) is 23.0. The number of benzene rings is 1. The molecule has 212 valence electrons. The normalized spacial score (nSPS) is 16.3. The van der Waals surface area contributed by atoms with Crippen molar-refractivity contribution < 1.29 is 19.1 Å². The first kappa shape index (κ1) is 27.4. The summed E-state index contributed by atoms with van der Waals surface area (Å²) >= 11 is 0. The molecule has 5 rings (SSSR count). The smallest absolute Gasteiger partial charge is 0.410 e. The van der Waals surface area contributed by atoms with E-state index in [4.69, 9.17) is 19.4 Å². The summed E-state index contributed by atoms with van der Waals surface area (Å²) in [5, 5.41) is 11.4. The van der Waals surface area contributed by atoms with E-state index in [1.165, 1.54) is 6.08 Å². The van der Waals surface area contributed by atoms with E-state index in [2.05, 4.69) is 36.2 Å². The Kier molecular flexibility index (Phi) is 8.44. The van der Waals surface area contributed by atoms with Crippen molar-refractivity contribution in [2.75, 3.05) is 50.0 Å². The Hall–Kier alpha value is -4.19. The molecule has 0 unspecified atom stereocenters. The second-order valence-corrected chi connectivity index (χ2v) is 10.3. The van der Waals surface area contributed by atoms with Gasteiger partial charge in [0.2, 0.25) is 17.8 Å². The van der Waals surface area contributed by atoms with Gasteiger partial charge < -0.3 is 29.9 Å². The van der Waals surface area contributed by atoms with Gasteiger partial charge in [0.15, 0.2) is 5.65 Å². The number of ether oxygens (including phenoxy) is 2. The molecule has 3 aromatic rings. The van der Waals surface area contributed by atoms with Gasteiger partial charge in [-0.25, -0.2) is 4.79 Å². The quantitative estimate of drug-likeness (QED) is 0.408. The molecule has 40 heavy (non-hydrogen) atoms. The molecule has 1 aromatic carbocycles. The molecule has 4 heterocycles. The number of carbonyl (C=O) groups is 2. The fourth-order valence-electron chi connectivity index (χ4n) is 4.81. The number of fused-ring (bicyclic) bond motifs is 1. The molecule has 2 aromatic heterocycles. The summed E-state index contributed by atoms with van der Waals surface area (Å²) in [4.78, 5) is 37.3. The van der Waals surface area contributed by atoms with E-state index in [1.807, 2.05) is 24.4 Å².